The third-order valence-corrected chi connectivity index (χ3v) is 11.0. The molecule has 2 aliphatic heterocycles. The smallest absolute Gasteiger partial charge is 0.307 e. The van der Waals surface area contributed by atoms with Crippen molar-refractivity contribution in [3.63, 3.8) is 0 Å². The Morgan fingerprint density at radius 2 is 1.36 bits per heavy atom. The van der Waals surface area contributed by atoms with Gasteiger partial charge in [-0.05, 0) is 55.3 Å². The second-order valence-electron chi connectivity index (χ2n) is 15.2. The normalized spacial score (nSPS) is 14.8. The van der Waals surface area contributed by atoms with Crippen LogP contribution in [-0.4, -0.2) is 67.8 Å². The minimum Gasteiger partial charge on any atom is -0.478 e. The first-order valence-electron chi connectivity index (χ1n) is 21.2. The molecular weight excluding hydrogens is 661 g/mol. The van der Waals surface area contributed by atoms with Crippen molar-refractivity contribution < 1.29 is 19.1 Å². The van der Waals surface area contributed by atoms with E-state index in [4.69, 9.17) is 14.5 Å². The number of benzene rings is 2. The maximum Gasteiger partial charge on any atom is 0.307 e. The van der Waals surface area contributed by atoms with Gasteiger partial charge in [0.1, 0.15) is 5.82 Å². The van der Waals surface area contributed by atoms with Gasteiger partial charge >= 0.3 is 5.97 Å². The molecule has 0 spiro atoms. The molecule has 1 aromatic heterocycles. The lowest BCUT2D eigenvalue weighted by molar-refractivity contribution is -0.144. The lowest BCUT2D eigenvalue weighted by Gasteiger charge is -2.36. The van der Waals surface area contributed by atoms with Crippen molar-refractivity contribution in [1.29, 1.82) is 0 Å². The number of fused-ring (bicyclic) bond motifs is 2. The molecule has 3 heterocycles. The summed E-state index contributed by atoms with van der Waals surface area (Å²) in [5, 5.41) is 2.62. The number of amides is 1. The van der Waals surface area contributed by atoms with Gasteiger partial charge in [-0.1, -0.05) is 133 Å². The van der Waals surface area contributed by atoms with Crippen molar-refractivity contribution in [1.82, 2.24) is 9.88 Å². The van der Waals surface area contributed by atoms with Crippen LogP contribution in [0, 0.1) is 0 Å². The Bertz CT molecular complexity index is 1520. The highest BCUT2D eigenvalue weighted by Crippen LogP contribution is 2.29. The summed E-state index contributed by atoms with van der Waals surface area (Å²) >= 11 is 0. The molecule has 290 valence electrons. The van der Waals surface area contributed by atoms with E-state index < -0.39 is 0 Å². The molecule has 0 saturated carbocycles. The standard InChI is InChI=1S/C45H66N4O4/c1-2-3-4-5-6-7-8-9-10-11-12-13-14-15-16-26-44(51)53-37-49-43(50)30-28-39-27-29-42(46-45(39)49)52-36-20-19-31-47-32-34-48(35-33-47)41-25-21-23-38-22-17-18-24-40(38)41/h17-18,21-25,27,29H,2-16,19-20,26,28,30-37H2,1H3. The van der Waals surface area contributed by atoms with Crippen LogP contribution >= 0.6 is 0 Å². The van der Waals surface area contributed by atoms with Gasteiger partial charge in [0.2, 0.25) is 11.8 Å². The number of nitrogens with zero attached hydrogens (tertiary/aromatic N) is 4. The summed E-state index contributed by atoms with van der Waals surface area (Å²) in [5.41, 5.74) is 2.32. The molecule has 5 rings (SSSR count). The van der Waals surface area contributed by atoms with Gasteiger partial charge in [0.15, 0.2) is 6.73 Å². The first-order valence-corrected chi connectivity index (χ1v) is 21.2. The predicted octanol–water partition coefficient (Wildman–Crippen LogP) is 10.3. The molecule has 0 unspecified atom stereocenters. The highest BCUT2D eigenvalue weighted by atomic mass is 16.5. The van der Waals surface area contributed by atoms with Crippen molar-refractivity contribution in [3.05, 3.63) is 60.2 Å². The molecule has 0 radical (unpaired) electrons. The fourth-order valence-corrected chi connectivity index (χ4v) is 7.76. The molecule has 3 aromatic rings. The summed E-state index contributed by atoms with van der Waals surface area (Å²) in [6.45, 7) is 8.00. The number of hydrogen-bond acceptors (Lipinski definition) is 7. The fourth-order valence-electron chi connectivity index (χ4n) is 7.76. The lowest BCUT2D eigenvalue weighted by Crippen LogP contribution is -2.46. The molecule has 2 aliphatic rings. The van der Waals surface area contributed by atoms with E-state index in [2.05, 4.69) is 59.2 Å². The van der Waals surface area contributed by atoms with E-state index in [0.717, 1.165) is 64.0 Å². The third-order valence-electron chi connectivity index (χ3n) is 11.0. The van der Waals surface area contributed by atoms with Gasteiger partial charge in [0, 0.05) is 56.2 Å². The molecule has 1 amide bonds. The maximum atomic E-state index is 12.8. The molecule has 0 atom stereocenters. The second kappa shape index (κ2) is 23.2. The average molecular weight is 727 g/mol. The van der Waals surface area contributed by atoms with Crippen LogP contribution in [0.3, 0.4) is 0 Å². The predicted molar refractivity (Wildman–Crippen MR) is 218 cm³/mol. The van der Waals surface area contributed by atoms with E-state index in [0.29, 0.717) is 37.6 Å². The zero-order valence-electron chi connectivity index (χ0n) is 32.7. The SMILES string of the molecule is CCCCCCCCCCCCCCCCCC(=O)OCN1C(=O)CCc2ccc(OCCCCN3CCN(c4cccc5ccccc45)CC3)nc21. The fraction of sp³-hybridized carbons (Fsp3) is 0.622. The molecule has 0 aliphatic carbocycles. The number of hydrogen-bond donors (Lipinski definition) is 0. The van der Waals surface area contributed by atoms with Gasteiger partial charge < -0.3 is 14.4 Å². The molecule has 2 aromatic carbocycles. The van der Waals surface area contributed by atoms with E-state index in [1.165, 1.54) is 105 Å². The number of ether oxygens (including phenoxy) is 2. The third kappa shape index (κ3) is 13.6. The van der Waals surface area contributed by atoms with Crippen LogP contribution in [0.15, 0.2) is 54.6 Å². The van der Waals surface area contributed by atoms with E-state index in [1.807, 2.05) is 12.1 Å². The van der Waals surface area contributed by atoms with Crippen LogP contribution in [-0.2, 0) is 20.7 Å². The maximum absolute atomic E-state index is 12.8. The molecule has 0 bridgehead atoms. The molecule has 0 N–H and O–H groups in total. The lowest BCUT2D eigenvalue weighted by atomic mass is 10.0. The van der Waals surface area contributed by atoms with Gasteiger partial charge in [-0.2, -0.15) is 4.98 Å². The van der Waals surface area contributed by atoms with Crippen LogP contribution in [0.4, 0.5) is 11.5 Å². The minimum absolute atomic E-state index is 0.0672. The van der Waals surface area contributed by atoms with Crippen molar-refractivity contribution in [2.45, 2.75) is 135 Å². The number of esters is 1. The number of unbranched alkanes of at least 4 members (excludes halogenated alkanes) is 15. The van der Waals surface area contributed by atoms with E-state index in [1.54, 1.807) is 0 Å². The quantitative estimate of drug-likeness (QED) is 0.0636. The van der Waals surface area contributed by atoms with Gasteiger partial charge in [-0.25, -0.2) is 0 Å². The molecule has 8 heteroatoms. The number of carbonyl (C=O) groups is 2. The van der Waals surface area contributed by atoms with Crippen LogP contribution in [0.5, 0.6) is 5.88 Å². The van der Waals surface area contributed by atoms with Gasteiger partial charge in [0.05, 0.1) is 6.61 Å². The van der Waals surface area contributed by atoms with Crippen LogP contribution < -0.4 is 14.5 Å². The minimum atomic E-state index is -0.248. The molecular formula is C45H66N4O4. The Balaban J connectivity index is 0.912. The van der Waals surface area contributed by atoms with Crippen LogP contribution in [0.25, 0.3) is 10.8 Å². The largest absolute Gasteiger partial charge is 0.478 e. The summed E-state index contributed by atoms with van der Waals surface area (Å²) in [4.78, 5) is 36.6. The summed E-state index contributed by atoms with van der Waals surface area (Å²) in [7, 11) is 0. The monoisotopic (exact) mass is 727 g/mol. The van der Waals surface area contributed by atoms with E-state index >= 15 is 0 Å². The van der Waals surface area contributed by atoms with Gasteiger partial charge in [0.25, 0.3) is 0 Å². The molecule has 1 saturated heterocycles. The molecule has 1 fully saturated rings. The number of rotatable bonds is 25. The second-order valence-corrected chi connectivity index (χ2v) is 15.2. The summed E-state index contributed by atoms with van der Waals surface area (Å²) in [6.07, 6.45) is 22.8. The first-order chi connectivity index (χ1) is 26.1. The highest BCUT2D eigenvalue weighted by Gasteiger charge is 2.27. The van der Waals surface area contributed by atoms with Crippen molar-refractivity contribution in [2.75, 3.05) is 55.9 Å². The van der Waals surface area contributed by atoms with E-state index in [-0.39, 0.29) is 18.6 Å². The number of carbonyl (C=O) groups excluding carboxylic acids is 2. The number of aryl methyl sites for hydroxylation is 1. The van der Waals surface area contributed by atoms with Crippen molar-refractivity contribution in [3.8, 4) is 5.88 Å². The Kier molecular flexibility index (Phi) is 17.7. The van der Waals surface area contributed by atoms with Crippen molar-refractivity contribution in [2.24, 2.45) is 0 Å². The van der Waals surface area contributed by atoms with Crippen molar-refractivity contribution >= 4 is 34.2 Å². The molecule has 8 nitrogen and oxygen atoms in total. The summed E-state index contributed by atoms with van der Waals surface area (Å²) in [6, 6.07) is 19.1. The zero-order chi connectivity index (χ0) is 36.9. The first kappa shape index (κ1) is 40.5. The number of anilines is 2. The summed E-state index contributed by atoms with van der Waals surface area (Å²) in [5.74, 6) is 0.753. The average Bonchev–Trinajstić information content (AvgIpc) is 3.19. The summed E-state index contributed by atoms with van der Waals surface area (Å²) < 4.78 is 11.6. The Morgan fingerprint density at radius 1 is 0.698 bits per heavy atom. The Labute approximate surface area is 319 Å². The number of aromatic nitrogens is 1. The number of piperazine rings is 1. The Morgan fingerprint density at radius 3 is 2.08 bits per heavy atom. The van der Waals surface area contributed by atoms with Crippen LogP contribution in [0.1, 0.15) is 134 Å². The zero-order valence-corrected chi connectivity index (χ0v) is 32.7. The Hall–Kier alpha value is -3.65. The number of pyridine rings is 1. The van der Waals surface area contributed by atoms with Gasteiger partial charge in [-0.3, -0.25) is 19.4 Å². The topological polar surface area (TPSA) is 75.2 Å². The van der Waals surface area contributed by atoms with Crippen LogP contribution in [0.2, 0.25) is 0 Å². The molecule has 53 heavy (non-hydrogen) atoms. The highest BCUT2D eigenvalue weighted by molar-refractivity contribution is 5.95. The van der Waals surface area contributed by atoms with E-state index in [9.17, 15) is 9.59 Å². The van der Waals surface area contributed by atoms with Gasteiger partial charge in [-0.15, -0.1) is 0 Å².